The summed E-state index contributed by atoms with van der Waals surface area (Å²) in [5, 5.41) is 15.8. The van der Waals surface area contributed by atoms with E-state index in [2.05, 4.69) is 20.3 Å². The van der Waals surface area contributed by atoms with E-state index in [0.29, 0.717) is 23.6 Å². The highest BCUT2D eigenvalue weighted by Crippen LogP contribution is 2.22. The Kier molecular flexibility index (Phi) is 3.89. The molecule has 0 amide bonds. The summed E-state index contributed by atoms with van der Waals surface area (Å²) in [7, 11) is 1.94. The number of aromatic nitrogens is 5. The zero-order valence-electron chi connectivity index (χ0n) is 13.7. The molecule has 8 heteroatoms. The van der Waals surface area contributed by atoms with Crippen LogP contribution >= 0.6 is 11.3 Å². The molecular weight excluding hydrogens is 339 g/mol. The predicted molar refractivity (Wildman–Crippen MR) is 95.1 cm³/mol. The van der Waals surface area contributed by atoms with Gasteiger partial charge < -0.3 is 4.90 Å². The molecule has 25 heavy (non-hydrogen) atoms. The van der Waals surface area contributed by atoms with Crippen molar-refractivity contribution in [3.05, 3.63) is 58.3 Å². The molecule has 0 N–H and O–H groups in total. The number of thiazole rings is 1. The zero-order chi connectivity index (χ0) is 17.4. The fourth-order valence-electron chi connectivity index (χ4n) is 2.60. The summed E-state index contributed by atoms with van der Waals surface area (Å²) in [4.78, 5) is 6.46. The van der Waals surface area contributed by atoms with Gasteiger partial charge in [0, 0.05) is 12.4 Å². The van der Waals surface area contributed by atoms with Crippen LogP contribution in [0.1, 0.15) is 10.7 Å². The predicted octanol–water partition coefficient (Wildman–Crippen LogP) is 3.33. The van der Waals surface area contributed by atoms with Crippen LogP contribution in [-0.2, 0) is 6.54 Å². The lowest BCUT2D eigenvalue weighted by Crippen LogP contribution is -2.19. The molecule has 0 unspecified atom stereocenters. The maximum atomic E-state index is 14.1. The minimum absolute atomic E-state index is 0.352. The number of fused-ring (bicyclic) bond motifs is 1. The van der Waals surface area contributed by atoms with Crippen molar-refractivity contribution in [3.63, 3.8) is 0 Å². The van der Waals surface area contributed by atoms with E-state index < -0.39 is 0 Å². The van der Waals surface area contributed by atoms with Crippen LogP contribution in [0.5, 0.6) is 0 Å². The SMILES string of the molecule is Cc1nc(CN(C)c2ccc3nnc(-c4ccccc4F)n3n2)cs1. The third kappa shape index (κ3) is 2.96. The standard InChI is InChI=1S/C17H15FN6S/c1-11-19-12(10-25-11)9-23(2)16-8-7-15-20-21-17(24(15)22-16)13-5-3-4-6-14(13)18/h3-8,10H,9H2,1-2H3. The van der Waals surface area contributed by atoms with Gasteiger partial charge in [-0.1, -0.05) is 12.1 Å². The van der Waals surface area contributed by atoms with E-state index in [0.717, 1.165) is 16.5 Å². The van der Waals surface area contributed by atoms with Gasteiger partial charge in [0.25, 0.3) is 0 Å². The average molecular weight is 354 g/mol. The molecule has 1 aromatic carbocycles. The Balaban J connectivity index is 1.72. The zero-order valence-corrected chi connectivity index (χ0v) is 14.5. The Labute approximate surface area is 147 Å². The van der Waals surface area contributed by atoms with Gasteiger partial charge in [0.15, 0.2) is 11.5 Å². The van der Waals surface area contributed by atoms with Crippen molar-refractivity contribution < 1.29 is 4.39 Å². The molecule has 126 valence electrons. The van der Waals surface area contributed by atoms with Crippen molar-refractivity contribution in [3.8, 4) is 11.4 Å². The first-order valence-corrected chi connectivity index (χ1v) is 8.59. The van der Waals surface area contributed by atoms with Crippen molar-refractivity contribution in [2.45, 2.75) is 13.5 Å². The minimum Gasteiger partial charge on any atom is -0.352 e. The number of benzene rings is 1. The van der Waals surface area contributed by atoms with Crippen LogP contribution in [0.15, 0.2) is 41.8 Å². The molecule has 0 saturated carbocycles. The van der Waals surface area contributed by atoms with Crippen LogP contribution in [0.4, 0.5) is 10.2 Å². The van der Waals surface area contributed by atoms with Crippen molar-refractivity contribution in [1.82, 2.24) is 24.8 Å². The van der Waals surface area contributed by atoms with Crippen molar-refractivity contribution in [2.75, 3.05) is 11.9 Å². The Morgan fingerprint density at radius 2 is 2.00 bits per heavy atom. The largest absolute Gasteiger partial charge is 0.352 e. The number of anilines is 1. The van der Waals surface area contributed by atoms with Crippen LogP contribution in [0.2, 0.25) is 0 Å². The van der Waals surface area contributed by atoms with Gasteiger partial charge in [-0.2, -0.15) is 4.52 Å². The highest BCUT2D eigenvalue weighted by atomic mass is 32.1. The van der Waals surface area contributed by atoms with Crippen molar-refractivity contribution in [1.29, 1.82) is 0 Å². The van der Waals surface area contributed by atoms with E-state index in [4.69, 9.17) is 0 Å². The molecule has 6 nitrogen and oxygen atoms in total. The molecule has 0 aliphatic heterocycles. The third-order valence-corrected chi connectivity index (χ3v) is 4.64. The minimum atomic E-state index is -0.352. The molecule has 0 spiro atoms. The molecule has 0 radical (unpaired) electrons. The van der Waals surface area contributed by atoms with Crippen molar-refractivity contribution in [2.24, 2.45) is 0 Å². The topological polar surface area (TPSA) is 59.2 Å². The Morgan fingerprint density at radius 3 is 2.76 bits per heavy atom. The summed E-state index contributed by atoms with van der Waals surface area (Å²) in [6, 6.07) is 10.2. The van der Waals surface area contributed by atoms with Crippen LogP contribution in [0.25, 0.3) is 17.0 Å². The molecule has 0 aliphatic carbocycles. The molecule has 0 saturated heterocycles. The highest BCUT2D eigenvalue weighted by molar-refractivity contribution is 7.09. The quantitative estimate of drug-likeness (QED) is 0.563. The number of nitrogens with zero attached hydrogens (tertiary/aromatic N) is 6. The van der Waals surface area contributed by atoms with Crippen LogP contribution < -0.4 is 4.90 Å². The van der Waals surface area contributed by atoms with E-state index in [1.165, 1.54) is 6.07 Å². The maximum Gasteiger partial charge on any atom is 0.188 e. The number of halogens is 1. The summed E-state index contributed by atoms with van der Waals surface area (Å²) in [6.07, 6.45) is 0. The Bertz CT molecular complexity index is 1040. The van der Waals surface area contributed by atoms with Crippen LogP contribution in [0, 0.1) is 12.7 Å². The molecule has 4 rings (SSSR count). The van der Waals surface area contributed by atoms with Gasteiger partial charge in [-0.25, -0.2) is 9.37 Å². The van der Waals surface area contributed by atoms with E-state index in [-0.39, 0.29) is 5.82 Å². The third-order valence-electron chi connectivity index (χ3n) is 3.82. The lowest BCUT2D eigenvalue weighted by molar-refractivity contribution is 0.629. The first-order valence-electron chi connectivity index (χ1n) is 7.71. The van der Waals surface area contributed by atoms with E-state index in [1.807, 2.05) is 36.4 Å². The summed E-state index contributed by atoms with van der Waals surface area (Å²) in [5.41, 5.74) is 1.93. The monoisotopic (exact) mass is 354 g/mol. The molecule has 0 fully saturated rings. The van der Waals surface area contributed by atoms with Gasteiger partial charge in [0.1, 0.15) is 11.6 Å². The molecule has 4 aromatic rings. The second kappa shape index (κ2) is 6.21. The number of rotatable bonds is 4. The lowest BCUT2D eigenvalue weighted by Gasteiger charge is -2.16. The Morgan fingerprint density at radius 1 is 1.16 bits per heavy atom. The fourth-order valence-corrected chi connectivity index (χ4v) is 3.20. The first kappa shape index (κ1) is 15.6. The molecule has 3 aromatic heterocycles. The van der Waals surface area contributed by atoms with Crippen molar-refractivity contribution >= 4 is 22.8 Å². The van der Waals surface area contributed by atoms with Crippen LogP contribution in [-0.4, -0.2) is 31.8 Å². The van der Waals surface area contributed by atoms with Gasteiger partial charge >= 0.3 is 0 Å². The highest BCUT2D eigenvalue weighted by Gasteiger charge is 2.15. The molecule has 3 heterocycles. The smallest absolute Gasteiger partial charge is 0.188 e. The van der Waals surface area contributed by atoms with Gasteiger partial charge in [-0.15, -0.1) is 26.6 Å². The molecule has 0 aliphatic rings. The number of hydrogen-bond donors (Lipinski definition) is 0. The molecule has 0 bridgehead atoms. The lowest BCUT2D eigenvalue weighted by atomic mass is 10.2. The van der Waals surface area contributed by atoms with Gasteiger partial charge in [-0.3, -0.25) is 0 Å². The molecule has 0 atom stereocenters. The molecular formula is C17H15FN6S. The van der Waals surface area contributed by atoms with Gasteiger partial charge in [-0.05, 0) is 31.2 Å². The summed E-state index contributed by atoms with van der Waals surface area (Å²) < 4.78 is 15.7. The fraction of sp³-hybridized carbons (Fsp3) is 0.176. The average Bonchev–Trinajstić information content (AvgIpc) is 3.21. The van der Waals surface area contributed by atoms with Gasteiger partial charge in [0.2, 0.25) is 0 Å². The van der Waals surface area contributed by atoms with Crippen LogP contribution in [0.3, 0.4) is 0 Å². The first-order chi connectivity index (χ1) is 12.1. The van der Waals surface area contributed by atoms with E-state index in [1.54, 1.807) is 34.1 Å². The number of aryl methyl sites for hydroxylation is 1. The summed E-state index contributed by atoms with van der Waals surface area (Å²) in [6.45, 7) is 2.62. The summed E-state index contributed by atoms with van der Waals surface area (Å²) >= 11 is 1.62. The second-order valence-electron chi connectivity index (χ2n) is 5.68. The second-order valence-corrected chi connectivity index (χ2v) is 6.74. The summed E-state index contributed by atoms with van der Waals surface area (Å²) in [5.74, 6) is 0.763. The Hall–Kier alpha value is -2.87. The number of hydrogen-bond acceptors (Lipinski definition) is 6. The maximum absolute atomic E-state index is 14.1. The normalized spacial score (nSPS) is 11.2. The van der Waals surface area contributed by atoms with E-state index >= 15 is 0 Å². The van der Waals surface area contributed by atoms with E-state index in [9.17, 15) is 4.39 Å². The van der Waals surface area contributed by atoms with Gasteiger partial charge in [0.05, 0.1) is 22.8 Å².